The third-order valence-electron chi connectivity index (χ3n) is 6.00. The molecule has 166 valence electrons. The van der Waals surface area contributed by atoms with Crippen LogP contribution in [0.5, 0.6) is 0 Å². The van der Waals surface area contributed by atoms with Gasteiger partial charge in [0.1, 0.15) is 0 Å². The van der Waals surface area contributed by atoms with Gasteiger partial charge in [0, 0.05) is 24.3 Å². The number of anilines is 2. The van der Waals surface area contributed by atoms with Crippen molar-refractivity contribution >= 4 is 28.4 Å². The van der Waals surface area contributed by atoms with Gasteiger partial charge in [-0.1, -0.05) is 24.3 Å². The van der Waals surface area contributed by atoms with Crippen LogP contribution < -0.4 is 15.8 Å². The van der Waals surface area contributed by atoms with Crippen molar-refractivity contribution in [3.05, 3.63) is 93.8 Å². The molecule has 1 saturated heterocycles. The first kappa shape index (κ1) is 20.9. The van der Waals surface area contributed by atoms with E-state index >= 15 is 0 Å². The van der Waals surface area contributed by atoms with Crippen LogP contribution in [0.3, 0.4) is 0 Å². The molecule has 0 atom stereocenters. The van der Waals surface area contributed by atoms with E-state index in [2.05, 4.69) is 16.3 Å². The van der Waals surface area contributed by atoms with Gasteiger partial charge in [0.15, 0.2) is 0 Å². The molecule has 5 rings (SSSR count). The molecule has 0 unspecified atom stereocenters. The topological polar surface area (TPSA) is 67.2 Å². The molecule has 6 nitrogen and oxygen atoms in total. The lowest BCUT2D eigenvalue weighted by molar-refractivity contribution is 0.102. The standard InChI is InChI=1S/C27H26N4O2/c1-18-14-19(2)16-21(15-18)28-25(32)20-10-11-23-24(17-20)29-27(30-12-6-7-13-30)31(26(23)33)22-8-4-3-5-9-22/h3-5,8-11,14-17H,6-7,12-13H2,1-2H3,(H,28,32). The molecule has 1 N–H and O–H groups in total. The molecule has 1 fully saturated rings. The van der Waals surface area contributed by atoms with Gasteiger partial charge in [-0.15, -0.1) is 0 Å². The number of nitrogens with zero attached hydrogens (tertiary/aromatic N) is 3. The SMILES string of the molecule is Cc1cc(C)cc(NC(=O)c2ccc3c(=O)n(-c4ccccc4)c(N4CCCC4)nc3c2)c1. The van der Waals surface area contributed by atoms with E-state index in [-0.39, 0.29) is 11.5 Å². The lowest BCUT2D eigenvalue weighted by Gasteiger charge is -2.22. The molecule has 0 radical (unpaired) electrons. The summed E-state index contributed by atoms with van der Waals surface area (Å²) in [7, 11) is 0. The van der Waals surface area contributed by atoms with Crippen molar-refractivity contribution in [2.24, 2.45) is 0 Å². The molecule has 1 aliphatic heterocycles. The van der Waals surface area contributed by atoms with Crippen LogP contribution in [0.1, 0.15) is 34.3 Å². The molecule has 4 aromatic rings. The largest absolute Gasteiger partial charge is 0.342 e. The Morgan fingerprint density at radius 3 is 2.30 bits per heavy atom. The first-order chi connectivity index (χ1) is 16.0. The van der Waals surface area contributed by atoms with Crippen LogP contribution in [0, 0.1) is 13.8 Å². The number of hydrogen-bond acceptors (Lipinski definition) is 4. The molecule has 6 heteroatoms. The van der Waals surface area contributed by atoms with Gasteiger partial charge in [-0.3, -0.25) is 9.59 Å². The second kappa shape index (κ2) is 8.54. The molecule has 3 aromatic carbocycles. The van der Waals surface area contributed by atoms with Crippen LogP contribution in [-0.4, -0.2) is 28.5 Å². The second-order valence-electron chi connectivity index (χ2n) is 8.64. The highest BCUT2D eigenvalue weighted by Crippen LogP contribution is 2.24. The maximum absolute atomic E-state index is 13.5. The van der Waals surface area contributed by atoms with E-state index in [1.807, 2.05) is 56.3 Å². The molecule has 0 saturated carbocycles. The maximum atomic E-state index is 13.5. The van der Waals surface area contributed by atoms with Crippen LogP contribution in [0.15, 0.2) is 71.5 Å². The number of aromatic nitrogens is 2. The second-order valence-corrected chi connectivity index (χ2v) is 8.64. The van der Waals surface area contributed by atoms with Crippen LogP contribution in [0.25, 0.3) is 16.6 Å². The van der Waals surface area contributed by atoms with Crippen molar-refractivity contribution < 1.29 is 4.79 Å². The quantitative estimate of drug-likeness (QED) is 0.494. The highest BCUT2D eigenvalue weighted by Gasteiger charge is 2.21. The van der Waals surface area contributed by atoms with Crippen LogP contribution in [0.2, 0.25) is 0 Å². The third kappa shape index (κ3) is 4.12. The normalized spacial score (nSPS) is 13.5. The maximum Gasteiger partial charge on any atom is 0.267 e. The van der Waals surface area contributed by atoms with Crippen molar-refractivity contribution in [1.82, 2.24) is 9.55 Å². The molecule has 0 spiro atoms. The zero-order chi connectivity index (χ0) is 22.9. The Hall–Kier alpha value is -3.93. The highest BCUT2D eigenvalue weighted by atomic mass is 16.1. The monoisotopic (exact) mass is 438 g/mol. The summed E-state index contributed by atoms with van der Waals surface area (Å²) in [6, 6.07) is 20.6. The van der Waals surface area contributed by atoms with Crippen LogP contribution >= 0.6 is 0 Å². The molecule has 1 aliphatic rings. The van der Waals surface area contributed by atoms with Gasteiger partial charge in [-0.2, -0.15) is 0 Å². The van der Waals surface area contributed by atoms with Crippen molar-refractivity contribution in [1.29, 1.82) is 0 Å². The number of aryl methyl sites for hydroxylation is 2. The summed E-state index contributed by atoms with van der Waals surface area (Å²) in [4.78, 5) is 33.5. The first-order valence-electron chi connectivity index (χ1n) is 11.3. The minimum absolute atomic E-state index is 0.130. The van der Waals surface area contributed by atoms with Crippen molar-refractivity contribution in [3.63, 3.8) is 0 Å². The van der Waals surface area contributed by atoms with E-state index in [0.717, 1.165) is 48.4 Å². The van der Waals surface area contributed by atoms with Gasteiger partial charge < -0.3 is 10.2 Å². The predicted octanol–water partition coefficient (Wildman–Crippen LogP) is 4.86. The van der Waals surface area contributed by atoms with Gasteiger partial charge in [0.05, 0.1) is 16.6 Å². The Morgan fingerprint density at radius 1 is 0.909 bits per heavy atom. The minimum atomic E-state index is -0.223. The number of amides is 1. The molecule has 0 bridgehead atoms. The zero-order valence-electron chi connectivity index (χ0n) is 18.8. The van der Waals surface area contributed by atoms with E-state index in [9.17, 15) is 9.59 Å². The van der Waals surface area contributed by atoms with Crippen molar-refractivity contribution in [2.75, 3.05) is 23.3 Å². The van der Waals surface area contributed by atoms with E-state index in [1.165, 1.54) is 0 Å². The number of para-hydroxylation sites is 1. The van der Waals surface area contributed by atoms with E-state index in [4.69, 9.17) is 4.98 Å². The Morgan fingerprint density at radius 2 is 1.61 bits per heavy atom. The predicted molar refractivity (Wildman–Crippen MR) is 133 cm³/mol. The van der Waals surface area contributed by atoms with Gasteiger partial charge in [0.25, 0.3) is 11.5 Å². The molecular formula is C27H26N4O2. The molecule has 1 amide bonds. The Kier molecular flexibility index (Phi) is 5.42. The fourth-order valence-corrected chi connectivity index (χ4v) is 4.50. The smallest absolute Gasteiger partial charge is 0.267 e. The summed E-state index contributed by atoms with van der Waals surface area (Å²) in [5, 5.41) is 3.46. The van der Waals surface area contributed by atoms with Gasteiger partial charge in [-0.25, -0.2) is 9.55 Å². The summed E-state index contributed by atoms with van der Waals surface area (Å²) in [6.45, 7) is 5.72. The van der Waals surface area contributed by atoms with E-state index < -0.39 is 0 Å². The fraction of sp³-hybridized carbons (Fsp3) is 0.222. The average Bonchev–Trinajstić information content (AvgIpc) is 3.33. The summed E-state index contributed by atoms with van der Waals surface area (Å²) >= 11 is 0. The number of nitrogens with one attached hydrogen (secondary N) is 1. The lowest BCUT2D eigenvalue weighted by atomic mass is 10.1. The number of fused-ring (bicyclic) bond motifs is 1. The Bertz CT molecular complexity index is 1380. The Balaban J connectivity index is 1.59. The number of benzene rings is 3. The number of rotatable bonds is 4. The van der Waals surface area contributed by atoms with Crippen LogP contribution in [-0.2, 0) is 0 Å². The number of hydrogen-bond donors (Lipinski definition) is 1. The third-order valence-corrected chi connectivity index (χ3v) is 6.00. The van der Waals surface area contributed by atoms with E-state index in [1.54, 1.807) is 22.8 Å². The summed E-state index contributed by atoms with van der Waals surface area (Å²) in [5.41, 5.74) is 4.58. The molecular weight excluding hydrogens is 412 g/mol. The lowest BCUT2D eigenvalue weighted by Crippen LogP contribution is -2.30. The summed E-state index contributed by atoms with van der Waals surface area (Å²) in [6.07, 6.45) is 2.14. The highest BCUT2D eigenvalue weighted by molar-refractivity contribution is 6.06. The molecule has 33 heavy (non-hydrogen) atoms. The van der Waals surface area contributed by atoms with Crippen LogP contribution in [0.4, 0.5) is 11.6 Å². The summed E-state index contributed by atoms with van der Waals surface area (Å²) < 4.78 is 1.68. The average molecular weight is 439 g/mol. The number of carbonyl (C=O) groups is 1. The first-order valence-corrected chi connectivity index (χ1v) is 11.3. The Labute approximate surface area is 192 Å². The van der Waals surface area contributed by atoms with Gasteiger partial charge in [0.2, 0.25) is 5.95 Å². The fourth-order valence-electron chi connectivity index (χ4n) is 4.50. The van der Waals surface area contributed by atoms with Crippen molar-refractivity contribution in [2.45, 2.75) is 26.7 Å². The number of carbonyl (C=O) groups excluding carboxylic acids is 1. The van der Waals surface area contributed by atoms with Gasteiger partial charge in [-0.05, 0) is 80.3 Å². The summed E-state index contributed by atoms with van der Waals surface area (Å²) in [5.74, 6) is 0.404. The van der Waals surface area contributed by atoms with E-state index in [0.29, 0.717) is 22.4 Å². The molecule has 0 aliphatic carbocycles. The zero-order valence-corrected chi connectivity index (χ0v) is 18.8. The van der Waals surface area contributed by atoms with Crippen molar-refractivity contribution in [3.8, 4) is 5.69 Å². The van der Waals surface area contributed by atoms with Gasteiger partial charge >= 0.3 is 0 Å². The molecule has 2 heterocycles. The molecule has 1 aromatic heterocycles. The minimum Gasteiger partial charge on any atom is -0.342 e.